The Morgan fingerprint density at radius 1 is 0.950 bits per heavy atom. The zero-order valence-electron chi connectivity index (χ0n) is 12.3. The van der Waals surface area contributed by atoms with Crippen molar-refractivity contribution in [3.8, 4) is 11.5 Å². The molecule has 20 heavy (non-hydrogen) atoms. The lowest BCUT2D eigenvalue weighted by Crippen LogP contribution is -2.11. The molecule has 3 heteroatoms. The second kappa shape index (κ2) is 5.63. The van der Waals surface area contributed by atoms with Crippen LogP contribution in [0.4, 0.5) is 0 Å². The third-order valence-corrected chi connectivity index (χ3v) is 3.61. The van der Waals surface area contributed by atoms with Gasteiger partial charge in [0.1, 0.15) is 16.5 Å². The zero-order valence-corrected chi connectivity index (χ0v) is 13.1. The van der Waals surface area contributed by atoms with Crippen molar-refractivity contribution in [2.45, 2.75) is 27.7 Å². The van der Waals surface area contributed by atoms with E-state index in [0.29, 0.717) is 10.7 Å². The average Bonchev–Trinajstić information content (AvgIpc) is 2.35. The fraction of sp³-hybridized carbons (Fsp3) is 0.235. The summed E-state index contributed by atoms with van der Waals surface area (Å²) < 4.78 is 6.08. The molecule has 2 aromatic carbocycles. The Morgan fingerprint density at radius 2 is 1.60 bits per heavy atom. The number of rotatable bonds is 3. The van der Waals surface area contributed by atoms with Gasteiger partial charge in [0.2, 0.25) is 0 Å². The summed E-state index contributed by atoms with van der Waals surface area (Å²) in [6, 6.07) is 10.0. The van der Waals surface area contributed by atoms with Gasteiger partial charge >= 0.3 is 0 Å². The maximum atomic E-state index is 6.08. The van der Waals surface area contributed by atoms with Gasteiger partial charge in [0.05, 0.1) is 5.56 Å². The second-order valence-electron chi connectivity index (χ2n) is 5.17. The van der Waals surface area contributed by atoms with Gasteiger partial charge in [-0.3, -0.25) is 0 Å². The Bertz CT molecular complexity index is 677. The predicted molar refractivity (Wildman–Crippen MR) is 87.8 cm³/mol. The quantitative estimate of drug-likeness (QED) is 0.852. The molecule has 2 N–H and O–H groups in total. The fourth-order valence-corrected chi connectivity index (χ4v) is 2.31. The number of thiocarbonyl (C=S) groups is 1. The number of benzene rings is 2. The molecule has 0 unspecified atom stereocenters. The topological polar surface area (TPSA) is 35.2 Å². The number of aryl methyl sites for hydroxylation is 3. The van der Waals surface area contributed by atoms with E-state index in [2.05, 4.69) is 26.8 Å². The minimum Gasteiger partial charge on any atom is -0.456 e. The number of nitrogens with two attached hydrogens (primary N) is 1. The summed E-state index contributed by atoms with van der Waals surface area (Å²) >= 11 is 5.09. The van der Waals surface area contributed by atoms with Crippen molar-refractivity contribution in [1.29, 1.82) is 0 Å². The molecule has 2 rings (SSSR count). The van der Waals surface area contributed by atoms with Crippen LogP contribution in [0.2, 0.25) is 0 Å². The molecule has 0 radical (unpaired) electrons. The third-order valence-electron chi connectivity index (χ3n) is 3.39. The van der Waals surface area contributed by atoms with Gasteiger partial charge in [-0.2, -0.15) is 0 Å². The molecule has 2 nitrogen and oxygen atoms in total. The Kier molecular flexibility index (Phi) is 4.09. The van der Waals surface area contributed by atoms with Crippen molar-refractivity contribution in [2.24, 2.45) is 5.73 Å². The van der Waals surface area contributed by atoms with E-state index in [9.17, 15) is 0 Å². The third kappa shape index (κ3) is 2.99. The van der Waals surface area contributed by atoms with E-state index < -0.39 is 0 Å². The predicted octanol–water partition coefficient (Wildman–Crippen LogP) is 4.35. The summed E-state index contributed by atoms with van der Waals surface area (Å²) in [6.07, 6.45) is 0. The lowest BCUT2D eigenvalue weighted by atomic mass is 10.1. The molecule has 0 heterocycles. The molecule has 0 aliphatic heterocycles. The first-order chi connectivity index (χ1) is 9.38. The molecule has 0 bridgehead atoms. The molecule has 0 atom stereocenters. The standard InChI is InChI=1S/C17H19NOS/c1-10-5-6-14(17(18)20)16(8-10)19-15-9-11(2)7-12(3)13(15)4/h5-9H,1-4H3,(H2,18,20). The van der Waals surface area contributed by atoms with Crippen LogP contribution >= 0.6 is 12.2 Å². The van der Waals surface area contributed by atoms with Crippen molar-refractivity contribution in [3.63, 3.8) is 0 Å². The van der Waals surface area contributed by atoms with E-state index >= 15 is 0 Å². The smallest absolute Gasteiger partial charge is 0.137 e. The van der Waals surface area contributed by atoms with Crippen LogP contribution in [0, 0.1) is 27.7 Å². The summed E-state index contributed by atoms with van der Waals surface area (Å²) in [7, 11) is 0. The van der Waals surface area contributed by atoms with Crippen LogP contribution in [-0.2, 0) is 0 Å². The van der Waals surface area contributed by atoms with Crippen molar-refractivity contribution in [2.75, 3.05) is 0 Å². The molecule has 0 saturated heterocycles. The molecule has 0 saturated carbocycles. The Hall–Kier alpha value is -1.87. The Labute approximate surface area is 125 Å². The molecule has 0 aromatic heterocycles. The van der Waals surface area contributed by atoms with Crippen LogP contribution in [-0.4, -0.2) is 4.99 Å². The first kappa shape index (κ1) is 14.5. The minimum atomic E-state index is 0.349. The van der Waals surface area contributed by atoms with Crippen molar-refractivity contribution >= 4 is 17.2 Å². The van der Waals surface area contributed by atoms with Gasteiger partial charge in [-0.15, -0.1) is 0 Å². The van der Waals surface area contributed by atoms with E-state index in [1.165, 1.54) is 11.1 Å². The van der Waals surface area contributed by atoms with E-state index in [0.717, 1.165) is 22.4 Å². The van der Waals surface area contributed by atoms with Gasteiger partial charge < -0.3 is 10.5 Å². The van der Waals surface area contributed by atoms with Gasteiger partial charge in [0, 0.05) is 0 Å². The SMILES string of the molecule is Cc1ccc(C(N)=S)c(Oc2cc(C)cc(C)c2C)c1. The molecular formula is C17H19NOS. The molecular weight excluding hydrogens is 266 g/mol. The number of hydrogen-bond acceptors (Lipinski definition) is 2. The highest BCUT2D eigenvalue weighted by Crippen LogP contribution is 2.31. The van der Waals surface area contributed by atoms with E-state index in [1.54, 1.807) is 0 Å². The molecule has 0 amide bonds. The fourth-order valence-electron chi connectivity index (χ4n) is 2.14. The maximum absolute atomic E-state index is 6.08. The molecule has 0 aliphatic rings. The largest absolute Gasteiger partial charge is 0.456 e. The van der Waals surface area contributed by atoms with Gasteiger partial charge in [0.25, 0.3) is 0 Å². The molecule has 0 spiro atoms. The normalized spacial score (nSPS) is 10.4. The number of ether oxygens (including phenoxy) is 1. The molecule has 2 aromatic rings. The van der Waals surface area contributed by atoms with E-state index in [4.69, 9.17) is 22.7 Å². The lowest BCUT2D eigenvalue weighted by molar-refractivity contribution is 0.476. The van der Waals surface area contributed by atoms with Crippen LogP contribution in [0.15, 0.2) is 30.3 Å². The molecule has 104 valence electrons. The lowest BCUT2D eigenvalue weighted by Gasteiger charge is -2.15. The Morgan fingerprint density at radius 3 is 2.25 bits per heavy atom. The highest BCUT2D eigenvalue weighted by molar-refractivity contribution is 7.80. The minimum absolute atomic E-state index is 0.349. The zero-order chi connectivity index (χ0) is 14.9. The van der Waals surface area contributed by atoms with Crippen LogP contribution in [0.5, 0.6) is 11.5 Å². The summed E-state index contributed by atoms with van der Waals surface area (Å²) in [4.78, 5) is 0.349. The van der Waals surface area contributed by atoms with Gasteiger partial charge in [-0.05, 0) is 68.1 Å². The number of hydrogen-bond donors (Lipinski definition) is 1. The summed E-state index contributed by atoms with van der Waals surface area (Å²) in [5, 5.41) is 0. The Balaban J connectivity index is 2.50. The first-order valence-electron chi connectivity index (χ1n) is 6.54. The highest BCUT2D eigenvalue weighted by atomic mass is 32.1. The van der Waals surface area contributed by atoms with Crippen molar-refractivity contribution in [3.05, 3.63) is 58.1 Å². The molecule has 0 aliphatic carbocycles. The van der Waals surface area contributed by atoms with Crippen LogP contribution < -0.4 is 10.5 Å². The molecule has 0 fully saturated rings. The van der Waals surface area contributed by atoms with Crippen LogP contribution in [0.1, 0.15) is 27.8 Å². The average molecular weight is 285 g/mol. The second-order valence-corrected chi connectivity index (χ2v) is 5.61. The van der Waals surface area contributed by atoms with Crippen molar-refractivity contribution < 1.29 is 4.74 Å². The van der Waals surface area contributed by atoms with E-state index in [-0.39, 0.29) is 0 Å². The monoisotopic (exact) mass is 285 g/mol. The summed E-state index contributed by atoms with van der Waals surface area (Å²) in [6.45, 7) is 8.22. The van der Waals surface area contributed by atoms with Crippen LogP contribution in [0.3, 0.4) is 0 Å². The first-order valence-corrected chi connectivity index (χ1v) is 6.95. The van der Waals surface area contributed by atoms with E-state index in [1.807, 2.05) is 31.2 Å². The van der Waals surface area contributed by atoms with Gasteiger partial charge in [0.15, 0.2) is 0 Å². The highest BCUT2D eigenvalue weighted by Gasteiger charge is 2.11. The van der Waals surface area contributed by atoms with Gasteiger partial charge in [-0.25, -0.2) is 0 Å². The summed E-state index contributed by atoms with van der Waals surface area (Å²) in [5.74, 6) is 1.57. The van der Waals surface area contributed by atoms with Gasteiger partial charge in [-0.1, -0.05) is 24.4 Å². The summed E-state index contributed by atoms with van der Waals surface area (Å²) in [5.41, 5.74) is 11.2. The maximum Gasteiger partial charge on any atom is 0.137 e. The van der Waals surface area contributed by atoms with Crippen LogP contribution in [0.25, 0.3) is 0 Å². The van der Waals surface area contributed by atoms with Crippen molar-refractivity contribution in [1.82, 2.24) is 0 Å².